The highest BCUT2D eigenvalue weighted by atomic mass is 35.5. The van der Waals surface area contributed by atoms with Crippen LogP contribution in [0.4, 0.5) is 18.9 Å². The topological polar surface area (TPSA) is 95.6 Å². The van der Waals surface area contributed by atoms with E-state index < -0.39 is 33.2 Å². The zero-order valence-corrected chi connectivity index (χ0v) is 21.3. The summed E-state index contributed by atoms with van der Waals surface area (Å²) in [6.45, 7) is 4.58. The molecule has 0 saturated carbocycles. The number of carbonyl (C=O) groups excluding carboxylic acids is 2. The van der Waals surface area contributed by atoms with Gasteiger partial charge in [-0.05, 0) is 60.6 Å². The van der Waals surface area contributed by atoms with Gasteiger partial charge in [0.1, 0.15) is 6.04 Å². The maximum atomic E-state index is 13.2. The number of anilines is 1. The minimum Gasteiger partial charge on any atom is -0.341 e. The van der Waals surface area contributed by atoms with Gasteiger partial charge in [0.2, 0.25) is 5.91 Å². The van der Waals surface area contributed by atoms with Gasteiger partial charge in [-0.25, -0.2) is 0 Å². The Labute approximate surface area is 213 Å². The Morgan fingerprint density at radius 1 is 1.06 bits per heavy atom. The van der Waals surface area contributed by atoms with E-state index in [1.54, 1.807) is 18.7 Å². The number of benzene rings is 2. The van der Waals surface area contributed by atoms with E-state index in [9.17, 15) is 31.2 Å². The second kappa shape index (κ2) is 11.1. The lowest BCUT2D eigenvalue weighted by molar-refractivity contribution is -0.135. The molecule has 2 aromatic carbocycles. The summed E-state index contributed by atoms with van der Waals surface area (Å²) in [5, 5.41) is 3.31. The maximum absolute atomic E-state index is 13.2. The number of carbonyl (C=O) groups is 2. The van der Waals surface area contributed by atoms with Crippen LogP contribution < -0.4 is 10.0 Å². The third-order valence-corrected chi connectivity index (χ3v) is 7.41. The average Bonchev–Trinajstić information content (AvgIpc) is 2.81. The van der Waals surface area contributed by atoms with Gasteiger partial charge in [-0.1, -0.05) is 43.6 Å². The Balaban J connectivity index is 1.66. The van der Waals surface area contributed by atoms with Crippen LogP contribution >= 0.6 is 11.6 Å². The van der Waals surface area contributed by atoms with Crippen LogP contribution in [0.3, 0.4) is 0 Å². The number of nitrogens with zero attached hydrogens (tertiary/aromatic N) is 1. The zero-order chi connectivity index (χ0) is 26.7. The van der Waals surface area contributed by atoms with Crippen LogP contribution in [0.5, 0.6) is 0 Å². The first-order valence-electron chi connectivity index (χ1n) is 11.3. The Hall–Kier alpha value is -2.79. The van der Waals surface area contributed by atoms with Gasteiger partial charge in [-0.2, -0.15) is 21.6 Å². The molecule has 1 aliphatic heterocycles. The number of piperidine rings is 1. The molecule has 0 aromatic heterocycles. The third kappa shape index (κ3) is 6.70. The first-order valence-corrected chi connectivity index (χ1v) is 13.2. The molecule has 12 heteroatoms. The Kier molecular flexibility index (Phi) is 8.55. The van der Waals surface area contributed by atoms with E-state index in [1.807, 2.05) is 24.3 Å². The van der Waals surface area contributed by atoms with Crippen LogP contribution in [0, 0.1) is 5.92 Å². The van der Waals surface area contributed by atoms with Crippen LogP contribution in [0.25, 0.3) is 0 Å². The molecule has 0 aliphatic carbocycles. The summed E-state index contributed by atoms with van der Waals surface area (Å²) >= 11 is 5.96. The first-order chi connectivity index (χ1) is 16.8. The summed E-state index contributed by atoms with van der Waals surface area (Å²) in [6, 6.07) is 11.4. The molecule has 0 unspecified atom stereocenters. The fourth-order valence-electron chi connectivity index (χ4n) is 4.04. The van der Waals surface area contributed by atoms with Crippen LogP contribution in [-0.4, -0.2) is 49.8 Å². The lowest BCUT2D eigenvalue weighted by Gasteiger charge is -2.35. The van der Waals surface area contributed by atoms with Crippen LogP contribution in [0.2, 0.25) is 5.02 Å². The lowest BCUT2D eigenvalue weighted by Crippen LogP contribution is -2.52. The van der Waals surface area contributed by atoms with Gasteiger partial charge in [0.05, 0.1) is 0 Å². The van der Waals surface area contributed by atoms with Gasteiger partial charge >= 0.3 is 15.5 Å². The molecule has 196 valence electrons. The van der Waals surface area contributed by atoms with Crippen molar-refractivity contribution in [2.45, 2.75) is 44.2 Å². The average molecular weight is 546 g/mol. The van der Waals surface area contributed by atoms with Crippen molar-refractivity contribution < 1.29 is 31.2 Å². The third-order valence-electron chi connectivity index (χ3n) is 6.05. The molecule has 1 saturated heterocycles. The number of likely N-dealkylation sites (tertiary alicyclic amines) is 1. The first kappa shape index (κ1) is 27.8. The van der Waals surface area contributed by atoms with Gasteiger partial charge in [0.15, 0.2) is 0 Å². The molecular weight excluding hydrogens is 519 g/mol. The second-order valence-corrected chi connectivity index (χ2v) is 11.1. The number of alkyl halides is 3. The summed E-state index contributed by atoms with van der Waals surface area (Å²) in [7, 11) is -5.63. The van der Waals surface area contributed by atoms with Crippen molar-refractivity contribution in [3.8, 4) is 0 Å². The molecular formula is C24H27ClF3N3O4S. The predicted octanol–water partition coefficient (Wildman–Crippen LogP) is 4.76. The van der Waals surface area contributed by atoms with Gasteiger partial charge in [-0.15, -0.1) is 0 Å². The van der Waals surface area contributed by atoms with Crippen LogP contribution in [0.15, 0.2) is 48.5 Å². The predicted molar refractivity (Wildman–Crippen MR) is 131 cm³/mol. The molecule has 1 fully saturated rings. The molecule has 36 heavy (non-hydrogen) atoms. The summed E-state index contributed by atoms with van der Waals surface area (Å²) in [6.07, 6.45) is 1.51. The van der Waals surface area contributed by atoms with Crippen molar-refractivity contribution >= 4 is 39.1 Å². The smallest absolute Gasteiger partial charge is 0.341 e. The van der Waals surface area contributed by atoms with Crippen molar-refractivity contribution in [3.63, 3.8) is 0 Å². The standard InChI is InChI=1S/C24H27ClF3N3O4S/c1-15(2)21(23(33)31-12-10-17(11-13-31)16-6-8-19(25)9-7-16)29-22(32)18-4-3-5-20(14-18)30-36(34,35)24(26,27)28/h3-9,14-15,17,21,30H,10-13H2,1-2H3,(H,29,32)/t21-/m1/s1. The fourth-order valence-corrected chi connectivity index (χ4v) is 4.72. The molecule has 1 atom stereocenters. The van der Waals surface area contributed by atoms with Crippen LogP contribution in [0.1, 0.15) is 48.5 Å². The molecule has 3 rings (SSSR count). The summed E-state index contributed by atoms with van der Waals surface area (Å²) in [5.74, 6) is -0.919. The van der Waals surface area contributed by atoms with Crippen molar-refractivity contribution in [2.24, 2.45) is 5.92 Å². The summed E-state index contributed by atoms with van der Waals surface area (Å²) in [5.41, 5.74) is -4.85. The van der Waals surface area contributed by atoms with Gasteiger partial charge in [0, 0.05) is 29.4 Å². The van der Waals surface area contributed by atoms with E-state index >= 15 is 0 Å². The van der Waals surface area contributed by atoms with Gasteiger partial charge in [0.25, 0.3) is 5.91 Å². The quantitative estimate of drug-likeness (QED) is 0.524. The Morgan fingerprint density at radius 3 is 2.22 bits per heavy atom. The number of rotatable bonds is 7. The number of amides is 2. The Bertz CT molecular complexity index is 1200. The normalized spacial score (nSPS) is 16.0. The maximum Gasteiger partial charge on any atom is 0.516 e. The summed E-state index contributed by atoms with van der Waals surface area (Å²) in [4.78, 5) is 27.8. The van der Waals surface area contributed by atoms with E-state index in [2.05, 4.69) is 5.32 Å². The number of sulfonamides is 1. The molecule has 0 radical (unpaired) electrons. The highest BCUT2D eigenvalue weighted by Gasteiger charge is 2.46. The van der Waals surface area contributed by atoms with Crippen molar-refractivity contribution in [1.29, 1.82) is 0 Å². The van der Waals surface area contributed by atoms with Crippen molar-refractivity contribution in [3.05, 3.63) is 64.7 Å². The van der Waals surface area contributed by atoms with Crippen molar-refractivity contribution in [1.82, 2.24) is 10.2 Å². The van der Waals surface area contributed by atoms with Crippen LogP contribution in [-0.2, 0) is 14.8 Å². The molecule has 2 amide bonds. The van der Waals surface area contributed by atoms with E-state index in [1.165, 1.54) is 16.9 Å². The molecule has 0 spiro atoms. The number of halogens is 4. The van der Waals surface area contributed by atoms with Gasteiger partial charge in [-0.3, -0.25) is 14.3 Å². The number of hydrogen-bond acceptors (Lipinski definition) is 4. The van der Waals surface area contributed by atoms with E-state index in [0.29, 0.717) is 24.0 Å². The second-order valence-electron chi connectivity index (χ2n) is 8.98. The lowest BCUT2D eigenvalue weighted by atomic mass is 9.89. The zero-order valence-electron chi connectivity index (χ0n) is 19.7. The largest absolute Gasteiger partial charge is 0.516 e. The minimum atomic E-state index is -5.63. The Morgan fingerprint density at radius 2 is 1.67 bits per heavy atom. The van der Waals surface area contributed by atoms with E-state index in [-0.39, 0.29) is 17.4 Å². The van der Waals surface area contributed by atoms with E-state index in [0.717, 1.165) is 30.5 Å². The highest BCUT2D eigenvalue weighted by Crippen LogP contribution is 2.30. The molecule has 2 aromatic rings. The van der Waals surface area contributed by atoms with E-state index in [4.69, 9.17) is 11.6 Å². The molecule has 0 bridgehead atoms. The fraction of sp³-hybridized carbons (Fsp3) is 0.417. The van der Waals surface area contributed by atoms with Crippen molar-refractivity contribution in [2.75, 3.05) is 17.8 Å². The number of nitrogens with one attached hydrogen (secondary N) is 2. The molecule has 1 aliphatic rings. The SMILES string of the molecule is CC(C)[C@@H](NC(=O)c1cccc(NS(=O)(=O)C(F)(F)F)c1)C(=O)N1CCC(c2ccc(Cl)cc2)CC1. The van der Waals surface area contributed by atoms with Gasteiger partial charge < -0.3 is 10.2 Å². The number of hydrogen-bond donors (Lipinski definition) is 2. The molecule has 7 nitrogen and oxygen atoms in total. The molecule has 1 heterocycles. The highest BCUT2D eigenvalue weighted by molar-refractivity contribution is 7.93. The monoisotopic (exact) mass is 545 g/mol. The molecule has 2 N–H and O–H groups in total. The summed E-state index contributed by atoms with van der Waals surface area (Å²) < 4.78 is 62.1. The minimum absolute atomic E-state index is 0.0859.